The monoisotopic (exact) mass is 556 g/mol. The summed E-state index contributed by atoms with van der Waals surface area (Å²) in [5, 5.41) is 17.0. The first-order valence-corrected chi connectivity index (χ1v) is 15.2. The Kier molecular flexibility index (Phi) is 4.74. The lowest BCUT2D eigenvalue weighted by molar-refractivity contribution is 1.18. The Morgan fingerprint density at radius 1 is 0.488 bits per heavy atom. The highest BCUT2D eigenvalue weighted by atomic mass is 32.1. The molecule has 0 N–H and O–H groups in total. The lowest BCUT2D eigenvalue weighted by Crippen LogP contribution is -1.96. The maximum absolute atomic E-state index is 9.49. The Morgan fingerprint density at radius 3 is 1.78 bits per heavy atom. The van der Waals surface area contributed by atoms with Crippen LogP contribution in [0.15, 0.2) is 121 Å². The molecule has 0 bridgehead atoms. The summed E-state index contributed by atoms with van der Waals surface area (Å²) in [7, 11) is 0. The molecule has 9 rings (SSSR count). The number of nitrogens with zero attached hydrogens (tertiary/aromatic N) is 2. The van der Waals surface area contributed by atoms with Crippen molar-refractivity contribution < 1.29 is 0 Å². The summed E-state index contributed by atoms with van der Waals surface area (Å²) in [4.78, 5) is 0. The molecule has 41 heavy (non-hydrogen) atoms. The molecule has 0 saturated heterocycles. The SMILES string of the molecule is N#Cc1ccc2sc3cc4sc5ccc(-c6ccccc6-n6c7ccccc7c7ccccc76)cc5c4cc3c2c1. The molecule has 0 aliphatic heterocycles. The highest BCUT2D eigenvalue weighted by molar-refractivity contribution is 7.28. The van der Waals surface area contributed by atoms with Gasteiger partial charge in [-0.25, -0.2) is 0 Å². The van der Waals surface area contributed by atoms with Gasteiger partial charge in [0.1, 0.15) is 0 Å². The average molecular weight is 557 g/mol. The molecule has 0 amide bonds. The van der Waals surface area contributed by atoms with Crippen molar-refractivity contribution in [3.8, 4) is 22.9 Å². The number of nitriles is 1. The van der Waals surface area contributed by atoms with Crippen LogP contribution in [0.3, 0.4) is 0 Å². The Hall–Kier alpha value is -4.95. The van der Waals surface area contributed by atoms with E-state index in [4.69, 9.17) is 0 Å². The normalized spacial score (nSPS) is 11.9. The quantitative estimate of drug-likeness (QED) is 0.208. The molecule has 3 heterocycles. The fraction of sp³-hybridized carbons (Fsp3) is 0. The van der Waals surface area contributed by atoms with E-state index < -0.39 is 0 Å². The second-order valence-corrected chi connectivity index (χ2v) is 12.6. The topological polar surface area (TPSA) is 28.7 Å². The summed E-state index contributed by atoms with van der Waals surface area (Å²) in [6.07, 6.45) is 0. The second kappa shape index (κ2) is 8.52. The van der Waals surface area contributed by atoms with E-state index in [-0.39, 0.29) is 0 Å². The molecule has 6 aromatic carbocycles. The molecule has 190 valence electrons. The van der Waals surface area contributed by atoms with Crippen molar-refractivity contribution in [2.75, 3.05) is 0 Å². The zero-order chi connectivity index (χ0) is 27.1. The van der Waals surface area contributed by atoms with Crippen molar-refractivity contribution in [2.24, 2.45) is 0 Å². The number of hydrogen-bond acceptors (Lipinski definition) is 3. The third-order valence-electron chi connectivity index (χ3n) is 8.23. The molecule has 0 saturated carbocycles. The van der Waals surface area contributed by atoms with E-state index in [0.717, 1.165) is 5.39 Å². The maximum atomic E-state index is 9.49. The van der Waals surface area contributed by atoms with Gasteiger partial charge in [0.2, 0.25) is 0 Å². The van der Waals surface area contributed by atoms with Crippen molar-refractivity contribution in [3.05, 3.63) is 127 Å². The number of hydrogen-bond donors (Lipinski definition) is 0. The Bertz CT molecular complexity index is 2500. The molecule has 9 aromatic rings. The van der Waals surface area contributed by atoms with E-state index in [1.54, 1.807) is 11.3 Å². The first-order valence-electron chi connectivity index (χ1n) is 13.6. The van der Waals surface area contributed by atoms with E-state index in [1.165, 1.54) is 73.6 Å². The molecule has 3 aromatic heterocycles. The summed E-state index contributed by atoms with van der Waals surface area (Å²) in [5.41, 5.74) is 6.73. The summed E-state index contributed by atoms with van der Waals surface area (Å²) in [5.74, 6) is 0. The van der Waals surface area contributed by atoms with Crippen LogP contribution in [-0.4, -0.2) is 4.57 Å². The van der Waals surface area contributed by atoms with Gasteiger partial charge in [0.05, 0.1) is 28.4 Å². The van der Waals surface area contributed by atoms with Crippen LogP contribution in [0.5, 0.6) is 0 Å². The lowest BCUT2D eigenvalue weighted by Gasteiger charge is -2.14. The summed E-state index contributed by atoms with van der Waals surface area (Å²) >= 11 is 3.66. The average Bonchev–Trinajstić information content (AvgIpc) is 3.68. The highest BCUT2D eigenvalue weighted by Crippen LogP contribution is 2.44. The van der Waals surface area contributed by atoms with Crippen LogP contribution < -0.4 is 0 Å². The van der Waals surface area contributed by atoms with Gasteiger partial charge >= 0.3 is 0 Å². The van der Waals surface area contributed by atoms with Gasteiger partial charge in [-0.15, -0.1) is 22.7 Å². The van der Waals surface area contributed by atoms with Gasteiger partial charge in [0, 0.05) is 56.7 Å². The second-order valence-electron chi connectivity index (χ2n) is 10.5. The highest BCUT2D eigenvalue weighted by Gasteiger charge is 2.17. The Labute approximate surface area is 243 Å². The van der Waals surface area contributed by atoms with Crippen LogP contribution in [0.2, 0.25) is 0 Å². The molecule has 4 heteroatoms. The first-order chi connectivity index (χ1) is 20.3. The smallest absolute Gasteiger partial charge is 0.0991 e. The van der Waals surface area contributed by atoms with Gasteiger partial charge in [-0.1, -0.05) is 60.7 Å². The van der Waals surface area contributed by atoms with E-state index >= 15 is 0 Å². The molecular weight excluding hydrogens is 537 g/mol. The van der Waals surface area contributed by atoms with Crippen LogP contribution in [0, 0.1) is 11.3 Å². The van der Waals surface area contributed by atoms with Crippen LogP contribution in [-0.2, 0) is 0 Å². The van der Waals surface area contributed by atoms with E-state index in [0.29, 0.717) is 5.56 Å². The summed E-state index contributed by atoms with van der Waals surface area (Å²) < 4.78 is 7.49. The van der Waals surface area contributed by atoms with Gasteiger partial charge in [-0.2, -0.15) is 5.26 Å². The molecule has 0 aliphatic carbocycles. The van der Waals surface area contributed by atoms with E-state index in [9.17, 15) is 5.26 Å². The number of thiophene rings is 2. The third kappa shape index (κ3) is 3.28. The number of fused-ring (bicyclic) bond motifs is 9. The van der Waals surface area contributed by atoms with Crippen LogP contribution in [0.25, 0.3) is 79.0 Å². The fourth-order valence-corrected chi connectivity index (χ4v) is 8.67. The number of para-hydroxylation sites is 3. The molecule has 2 nitrogen and oxygen atoms in total. The molecule has 0 atom stereocenters. The van der Waals surface area contributed by atoms with Gasteiger partial charge in [0.15, 0.2) is 0 Å². The van der Waals surface area contributed by atoms with Crippen molar-refractivity contribution in [1.82, 2.24) is 4.57 Å². The molecule has 0 aliphatic rings. The van der Waals surface area contributed by atoms with Crippen molar-refractivity contribution in [2.45, 2.75) is 0 Å². The Balaban J connectivity index is 1.30. The third-order valence-corrected chi connectivity index (χ3v) is 10.5. The Morgan fingerprint density at radius 2 is 1.07 bits per heavy atom. The maximum Gasteiger partial charge on any atom is 0.0991 e. The molecule has 0 fully saturated rings. The number of benzene rings is 6. The van der Waals surface area contributed by atoms with E-state index in [2.05, 4.69) is 120 Å². The van der Waals surface area contributed by atoms with Gasteiger partial charge in [-0.05, 0) is 66.2 Å². The predicted molar refractivity (Wildman–Crippen MR) is 177 cm³/mol. The van der Waals surface area contributed by atoms with Crippen molar-refractivity contribution >= 4 is 84.8 Å². The first kappa shape index (κ1) is 22.8. The van der Waals surface area contributed by atoms with Gasteiger partial charge in [0.25, 0.3) is 0 Å². The molecular formula is C37H20N2S2. The molecule has 0 radical (unpaired) electrons. The zero-order valence-corrected chi connectivity index (χ0v) is 23.4. The molecule has 0 spiro atoms. The predicted octanol–water partition coefficient (Wildman–Crippen LogP) is 11.1. The lowest BCUT2D eigenvalue weighted by atomic mass is 10.00. The minimum atomic E-state index is 0.705. The fourth-order valence-electron chi connectivity index (χ4n) is 6.38. The number of aromatic nitrogens is 1. The van der Waals surface area contributed by atoms with Crippen LogP contribution in [0.4, 0.5) is 0 Å². The van der Waals surface area contributed by atoms with Crippen LogP contribution >= 0.6 is 22.7 Å². The standard InChI is InChI=1S/C37H20N2S2/c38-21-22-13-15-34-27(17-22)29-19-30-28-18-23(14-16-35(28)41-37(30)20-36(29)40-34)24-7-1-4-10-31(24)39-32-11-5-2-8-25(32)26-9-3-6-12-33(26)39/h1-20H. The van der Waals surface area contributed by atoms with Crippen molar-refractivity contribution in [1.29, 1.82) is 5.26 Å². The zero-order valence-electron chi connectivity index (χ0n) is 21.8. The summed E-state index contributed by atoms with van der Waals surface area (Å²) in [6.45, 7) is 0. The minimum absolute atomic E-state index is 0.705. The largest absolute Gasteiger partial charge is 0.309 e. The molecule has 0 unspecified atom stereocenters. The van der Waals surface area contributed by atoms with Gasteiger partial charge < -0.3 is 4.57 Å². The summed E-state index contributed by atoms with van der Waals surface area (Å²) in [6, 6.07) is 46.0. The van der Waals surface area contributed by atoms with Gasteiger partial charge in [-0.3, -0.25) is 0 Å². The minimum Gasteiger partial charge on any atom is -0.309 e. The van der Waals surface area contributed by atoms with E-state index in [1.807, 2.05) is 23.5 Å². The number of rotatable bonds is 2. The van der Waals surface area contributed by atoms with Crippen molar-refractivity contribution in [3.63, 3.8) is 0 Å². The van der Waals surface area contributed by atoms with Crippen LogP contribution in [0.1, 0.15) is 5.56 Å².